The van der Waals surface area contributed by atoms with Gasteiger partial charge >= 0.3 is 0 Å². The van der Waals surface area contributed by atoms with Crippen molar-refractivity contribution in [1.82, 2.24) is 15.2 Å². The Morgan fingerprint density at radius 1 is 1.17 bits per heavy atom. The summed E-state index contributed by atoms with van der Waals surface area (Å²) in [5.41, 5.74) is 4.46. The van der Waals surface area contributed by atoms with E-state index in [2.05, 4.69) is 33.4 Å². The van der Waals surface area contributed by atoms with Gasteiger partial charge in [-0.3, -0.25) is 10.1 Å². The van der Waals surface area contributed by atoms with Crippen molar-refractivity contribution in [1.29, 1.82) is 0 Å². The van der Waals surface area contributed by atoms with E-state index in [1.165, 1.54) is 11.1 Å². The van der Waals surface area contributed by atoms with E-state index in [0.29, 0.717) is 0 Å². The highest BCUT2D eigenvalue weighted by Gasteiger charge is 2.03. The minimum atomic E-state index is 0. The smallest absolute Gasteiger partial charge is 0.0650 e. The number of hydrogen-bond donors (Lipinski definition) is 1. The molecule has 0 saturated carbocycles. The van der Waals surface area contributed by atoms with Crippen molar-refractivity contribution in [2.24, 2.45) is 0 Å². The van der Waals surface area contributed by atoms with Crippen molar-refractivity contribution in [2.45, 2.75) is 20.8 Å². The fourth-order valence-electron chi connectivity index (χ4n) is 1.90. The first-order valence-corrected chi connectivity index (χ1v) is 6.20. The highest BCUT2D eigenvalue weighted by molar-refractivity contribution is 5.84. The molecule has 0 saturated heterocycles. The van der Waals surface area contributed by atoms with Crippen LogP contribution in [0.1, 0.15) is 21.0 Å². The van der Waals surface area contributed by atoms with Crippen molar-refractivity contribution in [3.63, 3.8) is 0 Å². The molecule has 3 nitrogen and oxygen atoms in total. The normalized spacial score (nSPS) is 9.94. The van der Waals surface area contributed by atoms with Crippen LogP contribution in [0.2, 0.25) is 0 Å². The second kappa shape index (κ2) is 5.45. The number of nitrogens with one attached hydrogen (secondary N) is 1. The number of benzene rings is 1. The van der Waals surface area contributed by atoms with Crippen LogP contribution in [0.4, 0.5) is 0 Å². The lowest BCUT2D eigenvalue weighted by Crippen LogP contribution is -1.85. The van der Waals surface area contributed by atoms with Gasteiger partial charge in [0.15, 0.2) is 0 Å². The van der Waals surface area contributed by atoms with Gasteiger partial charge in [-0.25, -0.2) is 0 Å². The molecule has 0 spiro atoms. The zero-order valence-corrected chi connectivity index (χ0v) is 10.9. The van der Waals surface area contributed by atoms with Gasteiger partial charge in [0.2, 0.25) is 0 Å². The van der Waals surface area contributed by atoms with Gasteiger partial charge in [0, 0.05) is 24.3 Å². The van der Waals surface area contributed by atoms with Crippen LogP contribution in [0.3, 0.4) is 0 Å². The van der Waals surface area contributed by atoms with Gasteiger partial charge in [0.1, 0.15) is 0 Å². The second-order valence-corrected chi connectivity index (χ2v) is 3.81. The minimum Gasteiger partial charge on any atom is -0.278 e. The number of nitrogens with zero attached hydrogens (tertiary/aromatic N) is 2. The molecule has 3 heteroatoms. The van der Waals surface area contributed by atoms with Crippen LogP contribution in [-0.2, 0) is 0 Å². The molecule has 0 unspecified atom stereocenters. The molecular formula is C15H19N3. The summed E-state index contributed by atoms with van der Waals surface area (Å²) in [6, 6.07) is 10.3. The van der Waals surface area contributed by atoms with Gasteiger partial charge in [0.25, 0.3) is 0 Å². The van der Waals surface area contributed by atoms with Gasteiger partial charge in [0.05, 0.1) is 11.7 Å². The van der Waals surface area contributed by atoms with Crippen LogP contribution in [0.15, 0.2) is 42.7 Å². The zero-order valence-electron chi connectivity index (χ0n) is 10.9. The van der Waals surface area contributed by atoms with Crippen LogP contribution >= 0.6 is 0 Å². The molecule has 0 aliphatic carbocycles. The third kappa shape index (κ3) is 2.25. The molecule has 3 aromatic rings. The molecule has 2 aromatic heterocycles. The summed E-state index contributed by atoms with van der Waals surface area (Å²) < 4.78 is 0. The summed E-state index contributed by atoms with van der Waals surface area (Å²) >= 11 is 0. The summed E-state index contributed by atoms with van der Waals surface area (Å²) in [6.07, 6.45) is 3.65. The SMILES string of the molecule is CC.Cc1ncccc1-c1ccc2[nH]ncc2c1.[HH]. The number of aromatic nitrogens is 3. The number of rotatable bonds is 1. The highest BCUT2D eigenvalue weighted by atomic mass is 15.1. The summed E-state index contributed by atoms with van der Waals surface area (Å²) in [6.45, 7) is 6.02. The Morgan fingerprint density at radius 3 is 2.78 bits per heavy atom. The van der Waals surface area contributed by atoms with Crippen molar-refractivity contribution >= 4 is 10.9 Å². The van der Waals surface area contributed by atoms with Crippen LogP contribution < -0.4 is 0 Å². The molecule has 1 N–H and O–H groups in total. The van der Waals surface area contributed by atoms with Crippen molar-refractivity contribution in [3.8, 4) is 11.1 Å². The average Bonchev–Trinajstić information content (AvgIpc) is 2.89. The molecule has 1 aromatic carbocycles. The Balaban J connectivity index is 0.000000576. The van der Waals surface area contributed by atoms with E-state index in [-0.39, 0.29) is 1.43 Å². The number of aromatic amines is 1. The molecule has 2 heterocycles. The third-order valence-electron chi connectivity index (χ3n) is 2.76. The quantitative estimate of drug-likeness (QED) is 0.693. The fourth-order valence-corrected chi connectivity index (χ4v) is 1.90. The second-order valence-electron chi connectivity index (χ2n) is 3.81. The summed E-state index contributed by atoms with van der Waals surface area (Å²) in [7, 11) is 0. The average molecular weight is 241 g/mol. The molecule has 18 heavy (non-hydrogen) atoms. The van der Waals surface area contributed by atoms with Crippen LogP contribution in [-0.4, -0.2) is 15.2 Å². The van der Waals surface area contributed by atoms with Gasteiger partial charge in [-0.05, 0) is 30.7 Å². The third-order valence-corrected chi connectivity index (χ3v) is 2.76. The lowest BCUT2D eigenvalue weighted by Gasteiger charge is -2.04. The Morgan fingerprint density at radius 2 is 2.00 bits per heavy atom. The maximum Gasteiger partial charge on any atom is 0.0650 e. The monoisotopic (exact) mass is 241 g/mol. The number of hydrogen-bond acceptors (Lipinski definition) is 2. The Labute approximate surface area is 108 Å². The van der Waals surface area contributed by atoms with E-state index < -0.39 is 0 Å². The number of aryl methyl sites for hydroxylation is 1. The molecule has 0 amide bonds. The maximum atomic E-state index is 4.30. The lowest BCUT2D eigenvalue weighted by atomic mass is 10.0. The predicted molar refractivity (Wildman–Crippen MR) is 77.5 cm³/mol. The van der Waals surface area contributed by atoms with Crippen molar-refractivity contribution in [3.05, 3.63) is 48.4 Å². The minimum absolute atomic E-state index is 0. The molecular weight excluding hydrogens is 222 g/mol. The molecule has 0 fully saturated rings. The summed E-state index contributed by atoms with van der Waals surface area (Å²) in [5.74, 6) is 0. The van der Waals surface area contributed by atoms with Crippen LogP contribution in [0.25, 0.3) is 22.0 Å². The van der Waals surface area contributed by atoms with E-state index in [1.54, 1.807) is 0 Å². The first-order valence-electron chi connectivity index (χ1n) is 6.20. The Kier molecular flexibility index (Phi) is 3.72. The van der Waals surface area contributed by atoms with Crippen LogP contribution in [0.5, 0.6) is 0 Å². The first-order chi connectivity index (χ1) is 8.84. The Hall–Kier alpha value is -2.16. The largest absolute Gasteiger partial charge is 0.278 e. The molecule has 94 valence electrons. The fraction of sp³-hybridized carbons (Fsp3) is 0.200. The number of pyridine rings is 1. The topological polar surface area (TPSA) is 41.6 Å². The number of fused-ring (bicyclic) bond motifs is 1. The molecule has 0 bridgehead atoms. The van der Waals surface area contributed by atoms with Crippen LogP contribution in [0, 0.1) is 6.92 Å². The first kappa shape index (κ1) is 12.3. The van der Waals surface area contributed by atoms with Crippen molar-refractivity contribution < 1.29 is 1.43 Å². The van der Waals surface area contributed by atoms with Gasteiger partial charge in [-0.15, -0.1) is 0 Å². The van der Waals surface area contributed by atoms with Gasteiger partial charge in [-0.2, -0.15) is 5.10 Å². The molecule has 3 rings (SSSR count). The molecule has 0 aliphatic heterocycles. The summed E-state index contributed by atoms with van der Waals surface area (Å²) in [5, 5.41) is 8.09. The number of H-pyrrole nitrogens is 1. The maximum absolute atomic E-state index is 4.30. The molecule has 0 atom stereocenters. The standard InChI is InChI=1S/C13H11N3.C2H6.H2/c1-9-12(3-2-6-14-9)10-4-5-13-11(7-10)8-15-16-13;1-2;/h2-8H,1H3,(H,15,16);1-2H3;1H. The van der Waals surface area contributed by atoms with E-state index in [1.807, 2.05) is 45.3 Å². The van der Waals surface area contributed by atoms with E-state index >= 15 is 0 Å². The predicted octanol–water partition coefficient (Wildman–Crippen LogP) is 4.21. The van der Waals surface area contributed by atoms with E-state index in [0.717, 1.165) is 16.6 Å². The molecule has 0 aliphatic rings. The lowest BCUT2D eigenvalue weighted by molar-refractivity contribution is 1.12. The highest BCUT2D eigenvalue weighted by Crippen LogP contribution is 2.24. The zero-order chi connectivity index (χ0) is 13.0. The van der Waals surface area contributed by atoms with Gasteiger partial charge < -0.3 is 0 Å². The van der Waals surface area contributed by atoms with Crippen molar-refractivity contribution in [2.75, 3.05) is 0 Å². The van der Waals surface area contributed by atoms with E-state index in [4.69, 9.17) is 0 Å². The Bertz CT molecular complexity index is 646. The summed E-state index contributed by atoms with van der Waals surface area (Å²) in [4.78, 5) is 4.30. The van der Waals surface area contributed by atoms with E-state index in [9.17, 15) is 0 Å². The van der Waals surface area contributed by atoms with Gasteiger partial charge in [-0.1, -0.05) is 26.0 Å². The molecule has 0 radical (unpaired) electrons.